The van der Waals surface area contributed by atoms with Crippen molar-refractivity contribution in [3.8, 4) is 5.75 Å². The van der Waals surface area contributed by atoms with Gasteiger partial charge in [0.15, 0.2) is 0 Å². The maximum Gasteiger partial charge on any atom is 0.415 e. The molecule has 1 atom stereocenters. The highest BCUT2D eigenvalue weighted by atomic mass is 79.9. The van der Waals surface area contributed by atoms with Gasteiger partial charge in [0.05, 0.1) is 17.3 Å². The topological polar surface area (TPSA) is 38.8 Å². The van der Waals surface area contributed by atoms with Crippen LogP contribution in [0.1, 0.15) is 45.6 Å². The van der Waals surface area contributed by atoms with Gasteiger partial charge in [-0.1, -0.05) is 0 Å². The van der Waals surface area contributed by atoms with Crippen molar-refractivity contribution in [2.75, 3.05) is 12.0 Å². The van der Waals surface area contributed by atoms with E-state index in [9.17, 15) is 4.79 Å². The lowest BCUT2D eigenvalue weighted by atomic mass is 9.93. The molecule has 1 aromatic rings. The highest BCUT2D eigenvalue weighted by Gasteiger charge is 2.42. The number of halogens is 1. The molecule has 23 heavy (non-hydrogen) atoms. The van der Waals surface area contributed by atoms with Crippen LogP contribution in [0.2, 0.25) is 0 Å². The van der Waals surface area contributed by atoms with E-state index in [0.29, 0.717) is 5.92 Å². The van der Waals surface area contributed by atoms with E-state index in [2.05, 4.69) is 15.9 Å². The van der Waals surface area contributed by atoms with E-state index in [4.69, 9.17) is 9.47 Å². The van der Waals surface area contributed by atoms with Gasteiger partial charge in [0.25, 0.3) is 0 Å². The molecule has 1 heterocycles. The van der Waals surface area contributed by atoms with Gasteiger partial charge < -0.3 is 9.47 Å². The molecule has 126 valence electrons. The molecule has 0 radical (unpaired) electrons. The smallest absolute Gasteiger partial charge is 0.415 e. The van der Waals surface area contributed by atoms with E-state index in [1.165, 1.54) is 12.8 Å². The zero-order chi connectivity index (χ0) is 16.8. The maximum absolute atomic E-state index is 12.8. The number of fused-ring (bicyclic) bond motifs is 1. The van der Waals surface area contributed by atoms with Crippen molar-refractivity contribution in [3.63, 3.8) is 0 Å². The lowest BCUT2D eigenvalue weighted by Crippen LogP contribution is -2.47. The third-order valence-electron chi connectivity index (χ3n) is 4.41. The number of carbonyl (C=O) groups is 1. The molecule has 1 aliphatic carbocycles. The third-order valence-corrected chi connectivity index (χ3v) is 5.03. The van der Waals surface area contributed by atoms with Crippen LogP contribution in [0.5, 0.6) is 5.75 Å². The Bertz CT molecular complexity index is 619. The molecule has 0 aromatic heterocycles. The number of rotatable bonds is 2. The summed E-state index contributed by atoms with van der Waals surface area (Å²) >= 11 is 3.54. The number of carbonyl (C=O) groups excluding carboxylic acids is 1. The highest BCUT2D eigenvalue weighted by molar-refractivity contribution is 9.10. The molecule has 4 nitrogen and oxygen atoms in total. The van der Waals surface area contributed by atoms with E-state index in [1.54, 1.807) is 7.11 Å². The van der Waals surface area contributed by atoms with Crippen molar-refractivity contribution in [1.82, 2.24) is 0 Å². The average molecular weight is 382 g/mol. The molecule has 1 fully saturated rings. The minimum atomic E-state index is -0.494. The Hall–Kier alpha value is -1.23. The fraction of sp³-hybridized carbons (Fsp3) is 0.611. The van der Waals surface area contributed by atoms with Gasteiger partial charge in [-0.15, -0.1) is 0 Å². The van der Waals surface area contributed by atoms with Crippen LogP contribution in [-0.2, 0) is 11.2 Å². The van der Waals surface area contributed by atoms with Crippen molar-refractivity contribution >= 4 is 27.7 Å². The van der Waals surface area contributed by atoms with Crippen LogP contribution >= 0.6 is 15.9 Å². The number of methoxy groups -OCH3 is 1. The zero-order valence-electron chi connectivity index (χ0n) is 14.2. The van der Waals surface area contributed by atoms with Gasteiger partial charge in [-0.3, -0.25) is 4.90 Å². The standard InChI is InChI=1S/C18H24BrNO3/c1-18(2,3)23-17(21)20-14(11-5-6-11)8-7-12-9-16(22-4)13(19)10-15(12)20/h9-11,14H,5-8H2,1-4H3. The Balaban J connectivity index is 1.99. The minimum absolute atomic E-state index is 0.243. The third kappa shape index (κ3) is 3.49. The molecule has 1 saturated carbocycles. The fourth-order valence-corrected chi connectivity index (χ4v) is 3.74. The average Bonchev–Trinajstić information content (AvgIpc) is 3.27. The Kier molecular flexibility index (Phi) is 4.34. The molecule has 1 amide bonds. The molecule has 2 aliphatic rings. The number of nitrogens with zero attached hydrogens (tertiary/aromatic N) is 1. The van der Waals surface area contributed by atoms with E-state index < -0.39 is 5.60 Å². The molecule has 0 spiro atoms. The molecule has 1 aliphatic heterocycles. The molecule has 0 bridgehead atoms. The van der Waals surface area contributed by atoms with Crippen LogP contribution in [0.25, 0.3) is 0 Å². The monoisotopic (exact) mass is 381 g/mol. The van der Waals surface area contributed by atoms with Gasteiger partial charge in [-0.25, -0.2) is 4.79 Å². The number of aryl methyl sites for hydroxylation is 1. The first kappa shape index (κ1) is 16.6. The van der Waals surface area contributed by atoms with E-state index in [1.807, 2.05) is 37.8 Å². The Morgan fingerprint density at radius 2 is 1.96 bits per heavy atom. The summed E-state index contributed by atoms with van der Waals surface area (Å²) in [6.07, 6.45) is 4.13. The number of hydrogen-bond donors (Lipinski definition) is 0. The number of benzene rings is 1. The summed E-state index contributed by atoms with van der Waals surface area (Å²) < 4.78 is 11.9. The summed E-state index contributed by atoms with van der Waals surface area (Å²) in [5, 5.41) is 0. The Labute approximate surface area is 146 Å². The summed E-state index contributed by atoms with van der Waals surface area (Å²) in [4.78, 5) is 14.7. The first-order chi connectivity index (χ1) is 10.8. The predicted molar refractivity (Wildman–Crippen MR) is 94.2 cm³/mol. The molecule has 0 saturated heterocycles. The van der Waals surface area contributed by atoms with Crippen LogP contribution in [0.15, 0.2) is 16.6 Å². The summed E-state index contributed by atoms with van der Waals surface area (Å²) in [5.41, 5.74) is 1.61. The van der Waals surface area contributed by atoms with Gasteiger partial charge >= 0.3 is 6.09 Å². The maximum atomic E-state index is 12.8. The van der Waals surface area contributed by atoms with Gasteiger partial charge in [0.2, 0.25) is 0 Å². The summed E-state index contributed by atoms with van der Waals surface area (Å²) in [6.45, 7) is 5.73. The molecular weight excluding hydrogens is 358 g/mol. The van der Waals surface area contributed by atoms with Crippen LogP contribution in [0, 0.1) is 5.92 Å². The van der Waals surface area contributed by atoms with Crippen molar-refractivity contribution in [3.05, 3.63) is 22.2 Å². The first-order valence-corrected chi connectivity index (χ1v) is 8.98. The van der Waals surface area contributed by atoms with Gasteiger partial charge in [-0.2, -0.15) is 0 Å². The highest BCUT2D eigenvalue weighted by Crippen LogP contribution is 2.45. The normalized spacial score (nSPS) is 20.9. The van der Waals surface area contributed by atoms with E-state index >= 15 is 0 Å². The van der Waals surface area contributed by atoms with Crippen LogP contribution in [-0.4, -0.2) is 24.8 Å². The molecule has 1 unspecified atom stereocenters. The molecular formula is C18H24BrNO3. The van der Waals surface area contributed by atoms with Crippen molar-refractivity contribution in [2.45, 2.75) is 58.1 Å². The van der Waals surface area contributed by atoms with Crippen LogP contribution < -0.4 is 9.64 Å². The molecule has 5 heteroatoms. The minimum Gasteiger partial charge on any atom is -0.496 e. The fourth-order valence-electron chi connectivity index (χ4n) is 3.25. The molecule has 1 aromatic carbocycles. The van der Waals surface area contributed by atoms with E-state index in [-0.39, 0.29) is 12.1 Å². The predicted octanol–water partition coefficient (Wildman–Crippen LogP) is 4.92. The lowest BCUT2D eigenvalue weighted by Gasteiger charge is -2.38. The molecule has 0 N–H and O–H groups in total. The van der Waals surface area contributed by atoms with Crippen molar-refractivity contribution < 1.29 is 14.3 Å². The van der Waals surface area contributed by atoms with Crippen molar-refractivity contribution in [1.29, 1.82) is 0 Å². The van der Waals surface area contributed by atoms with E-state index in [0.717, 1.165) is 34.3 Å². The van der Waals surface area contributed by atoms with Gasteiger partial charge in [-0.05, 0) is 86.0 Å². The summed E-state index contributed by atoms with van der Waals surface area (Å²) in [7, 11) is 1.66. The quantitative estimate of drug-likeness (QED) is 0.729. The number of hydrogen-bond acceptors (Lipinski definition) is 3. The summed E-state index contributed by atoms with van der Waals surface area (Å²) in [5.74, 6) is 1.41. The van der Waals surface area contributed by atoms with Crippen molar-refractivity contribution in [2.24, 2.45) is 5.92 Å². The summed E-state index contributed by atoms with van der Waals surface area (Å²) in [6, 6.07) is 4.27. The number of anilines is 1. The van der Waals surface area contributed by atoms with Gasteiger partial charge in [0, 0.05) is 6.04 Å². The number of amides is 1. The first-order valence-electron chi connectivity index (χ1n) is 8.19. The second-order valence-electron chi connectivity index (χ2n) is 7.41. The number of ether oxygens (including phenoxy) is 2. The van der Waals surface area contributed by atoms with Crippen LogP contribution in [0.4, 0.5) is 10.5 Å². The lowest BCUT2D eigenvalue weighted by molar-refractivity contribution is 0.0556. The Morgan fingerprint density at radius 1 is 1.26 bits per heavy atom. The second kappa shape index (κ2) is 6.00. The van der Waals surface area contributed by atoms with Crippen LogP contribution in [0.3, 0.4) is 0 Å². The Morgan fingerprint density at radius 3 is 2.52 bits per heavy atom. The second-order valence-corrected chi connectivity index (χ2v) is 8.26. The molecule has 3 rings (SSSR count). The largest absolute Gasteiger partial charge is 0.496 e. The SMILES string of the molecule is COc1cc2c(cc1Br)N(C(=O)OC(C)(C)C)C(C1CC1)CC2. The zero-order valence-corrected chi connectivity index (χ0v) is 15.8. The van der Waals surface area contributed by atoms with Gasteiger partial charge in [0.1, 0.15) is 11.4 Å².